The van der Waals surface area contributed by atoms with E-state index in [2.05, 4.69) is 22.3 Å². The molecule has 0 saturated carbocycles. The molecule has 7 nitrogen and oxygen atoms in total. The number of aromatic nitrogens is 3. The lowest BCUT2D eigenvalue weighted by Gasteiger charge is -2.26. The molecule has 0 atom stereocenters. The van der Waals surface area contributed by atoms with Crippen LogP contribution in [0, 0.1) is 0 Å². The van der Waals surface area contributed by atoms with Gasteiger partial charge in [0.2, 0.25) is 5.91 Å². The van der Waals surface area contributed by atoms with Crippen molar-refractivity contribution < 1.29 is 13.9 Å². The number of furan rings is 1. The van der Waals surface area contributed by atoms with Crippen LogP contribution in [0.4, 0.5) is 0 Å². The van der Waals surface area contributed by atoms with Gasteiger partial charge >= 0.3 is 0 Å². The predicted molar refractivity (Wildman–Crippen MR) is 106 cm³/mol. The van der Waals surface area contributed by atoms with Crippen molar-refractivity contribution in [3.05, 3.63) is 54.3 Å². The lowest BCUT2D eigenvalue weighted by Crippen LogP contribution is -2.41. The minimum atomic E-state index is 0.102. The molecule has 0 bridgehead atoms. The molecule has 0 radical (unpaired) electrons. The molecular formula is C20H22N4O3S. The lowest BCUT2D eigenvalue weighted by atomic mass is 10.1. The first kappa shape index (κ1) is 18.8. The van der Waals surface area contributed by atoms with Gasteiger partial charge in [-0.1, -0.05) is 42.1 Å². The van der Waals surface area contributed by atoms with Gasteiger partial charge in [-0.3, -0.25) is 9.36 Å². The van der Waals surface area contributed by atoms with Crippen molar-refractivity contribution in [2.45, 2.75) is 18.1 Å². The molecule has 1 aromatic carbocycles. The quantitative estimate of drug-likeness (QED) is 0.570. The third-order valence-electron chi connectivity index (χ3n) is 4.61. The van der Waals surface area contributed by atoms with E-state index in [1.54, 1.807) is 6.26 Å². The Labute approximate surface area is 167 Å². The highest BCUT2D eigenvalue weighted by Gasteiger charge is 2.20. The van der Waals surface area contributed by atoms with E-state index in [9.17, 15) is 4.79 Å². The zero-order chi connectivity index (χ0) is 19.2. The maximum absolute atomic E-state index is 12.5. The smallest absolute Gasteiger partial charge is 0.233 e. The average Bonchev–Trinajstić information content (AvgIpc) is 3.41. The van der Waals surface area contributed by atoms with E-state index in [0.717, 1.165) is 11.6 Å². The summed E-state index contributed by atoms with van der Waals surface area (Å²) in [6.45, 7) is 3.22. The topological polar surface area (TPSA) is 73.4 Å². The van der Waals surface area contributed by atoms with Crippen molar-refractivity contribution in [2.24, 2.45) is 0 Å². The maximum atomic E-state index is 12.5. The highest BCUT2D eigenvalue weighted by Crippen LogP contribution is 2.25. The van der Waals surface area contributed by atoms with Crippen LogP contribution in [-0.2, 0) is 22.5 Å². The number of nitrogens with zero attached hydrogens (tertiary/aromatic N) is 4. The molecule has 0 spiro atoms. The standard InChI is InChI=1S/C20H22N4O3S/c25-18(23-10-13-26-14-11-23)15-28-20-22-21-19(17-7-4-12-27-17)24(20)9-8-16-5-2-1-3-6-16/h1-7,12H,8-11,13-15H2. The second-order valence-corrected chi connectivity index (χ2v) is 7.40. The zero-order valence-electron chi connectivity index (χ0n) is 15.5. The number of rotatable bonds is 7. The number of aryl methyl sites for hydroxylation is 1. The van der Waals surface area contributed by atoms with E-state index in [4.69, 9.17) is 9.15 Å². The van der Waals surface area contributed by atoms with Crippen molar-refractivity contribution in [1.82, 2.24) is 19.7 Å². The number of carbonyl (C=O) groups is 1. The maximum Gasteiger partial charge on any atom is 0.233 e. The van der Waals surface area contributed by atoms with Gasteiger partial charge in [-0.15, -0.1) is 10.2 Å². The molecule has 2 aromatic heterocycles. The number of benzene rings is 1. The molecule has 1 aliphatic rings. The second kappa shape index (κ2) is 9.07. The SMILES string of the molecule is O=C(CSc1nnc(-c2ccco2)n1CCc1ccccc1)N1CCOCC1. The van der Waals surface area contributed by atoms with E-state index in [0.29, 0.717) is 50.2 Å². The Balaban J connectivity index is 1.48. The highest BCUT2D eigenvalue weighted by molar-refractivity contribution is 7.99. The minimum Gasteiger partial charge on any atom is -0.461 e. The van der Waals surface area contributed by atoms with E-state index in [1.165, 1.54) is 17.3 Å². The van der Waals surface area contributed by atoms with Crippen LogP contribution >= 0.6 is 11.8 Å². The molecule has 0 N–H and O–H groups in total. The molecule has 1 amide bonds. The van der Waals surface area contributed by atoms with Crippen molar-refractivity contribution in [3.8, 4) is 11.6 Å². The number of amides is 1. The molecule has 28 heavy (non-hydrogen) atoms. The summed E-state index contributed by atoms with van der Waals surface area (Å²) in [7, 11) is 0. The Morgan fingerprint density at radius 3 is 2.64 bits per heavy atom. The molecule has 3 heterocycles. The van der Waals surface area contributed by atoms with Gasteiger partial charge in [0, 0.05) is 19.6 Å². The summed E-state index contributed by atoms with van der Waals surface area (Å²) in [5.41, 5.74) is 1.24. The summed E-state index contributed by atoms with van der Waals surface area (Å²) in [6.07, 6.45) is 2.47. The Bertz CT molecular complexity index is 890. The van der Waals surface area contributed by atoms with Crippen LogP contribution < -0.4 is 0 Å². The van der Waals surface area contributed by atoms with Crippen molar-refractivity contribution in [3.63, 3.8) is 0 Å². The summed E-state index contributed by atoms with van der Waals surface area (Å²) < 4.78 is 12.9. The Hall–Kier alpha value is -2.58. The fraction of sp³-hybridized carbons (Fsp3) is 0.350. The van der Waals surface area contributed by atoms with Crippen LogP contribution in [0.15, 0.2) is 58.3 Å². The van der Waals surface area contributed by atoms with Gasteiger partial charge < -0.3 is 14.1 Å². The highest BCUT2D eigenvalue weighted by atomic mass is 32.2. The van der Waals surface area contributed by atoms with Gasteiger partial charge in [0.15, 0.2) is 16.7 Å². The van der Waals surface area contributed by atoms with Gasteiger partial charge in [0.25, 0.3) is 0 Å². The van der Waals surface area contributed by atoms with E-state index >= 15 is 0 Å². The first-order chi connectivity index (χ1) is 13.8. The minimum absolute atomic E-state index is 0.102. The molecule has 4 rings (SSSR count). The number of ether oxygens (including phenoxy) is 1. The van der Waals surface area contributed by atoms with Crippen LogP contribution in [-0.4, -0.2) is 57.6 Å². The Kier molecular flexibility index (Phi) is 6.08. The van der Waals surface area contributed by atoms with Crippen LogP contribution in [0.5, 0.6) is 0 Å². The number of hydrogen-bond donors (Lipinski definition) is 0. The third kappa shape index (κ3) is 4.45. The molecule has 8 heteroatoms. The van der Waals surface area contributed by atoms with Gasteiger partial charge in [-0.25, -0.2) is 0 Å². The summed E-state index contributed by atoms with van der Waals surface area (Å²) in [5, 5.41) is 9.36. The van der Waals surface area contributed by atoms with Crippen LogP contribution in [0.1, 0.15) is 5.56 Å². The molecule has 3 aromatic rings. The van der Waals surface area contributed by atoms with Crippen molar-refractivity contribution in [1.29, 1.82) is 0 Å². The van der Waals surface area contributed by atoms with Gasteiger partial charge in [-0.05, 0) is 24.1 Å². The molecule has 1 saturated heterocycles. The van der Waals surface area contributed by atoms with Gasteiger partial charge in [-0.2, -0.15) is 0 Å². The molecular weight excluding hydrogens is 376 g/mol. The fourth-order valence-corrected chi connectivity index (χ4v) is 3.97. The molecule has 0 aliphatic carbocycles. The largest absolute Gasteiger partial charge is 0.461 e. The Morgan fingerprint density at radius 1 is 1.07 bits per heavy atom. The third-order valence-corrected chi connectivity index (χ3v) is 5.57. The number of morpholine rings is 1. The number of thioether (sulfide) groups is 1. The normalized spacial score (nSPS) is 14.4. The average molecular weight is 398 g/mol. The molecule has 1 aliphatic heterocycles. The summed E-state index contributed by atoms with van der Waals surface area (Å²) >= 11 is 1.42. The number of carbonyl (C=O) groups excluding carboxylic acids is 1. The Morgan fingerprint density at radius 2 is 1.89 bits per heavy atom. The first-order valence-electron chi connectivity index (χ1n) is 9.30. The van der Waals surface area contributed by atoms with Crippen molar-refractivity contribution >= 4 is 17.7 Å². The van der Waals surface area contributed by atoms with Gasteiger partial charge in [0.05, 0.1) is 25.2 Å². The lowest BCUT2D eigenvalue weighted by molar-refractivity contribution is -0.132. The molecule has 1 fully saturated rings. The molecule has 146 valence electrons. The monoisotopic (exact) mass is 398 g/mol. The summed E-state index contributed by atoms with van der Waals surface area (Å²) in [4.78, 5) is 14.3. The van der Waals surface area contributed by atoms with Gasteiger partial charge in [0.1, 0.15) is 0 Å². The van der Waals surface area contributed by atoms with Crippen molar-refractivity contribution in [2.75, 3.05) is 32.1 Å². The number of hydrogen-bond acceptors (Lipinski definition) is 6. The van der Waals surface area contributed by atoms with Crippen LogP contribution in [0.25, 0.3) is 11.6 Å². The summed E-state index contributed by atoms with van der Waals surface area (Å²) in [5.74, 6) is 1.79. The van der Waals surface area contributed by atoms with Crippen LogP contribution in [0.3, 0.4) is 0 Å². The second-order valence-electron chi connectivity index (χ2n) is 6.45. The predicted octanol–water partition coefficient (Wildman–Crippen LogP) is 2.73. The van der Waals surface area contributed by atoms with E-state index in [-0.39, 0.29) is 5.91 Å². The summed E-state index contributed by atoms with van der Waals surface area (Å²) in [6, 6.07) is 14.0. The fourth-order valence-electron chi connectivity index (χ4n) is 3.10. The van der Waals surface area contributed by atoms with E-state index in [1.807, 2.05) is 39.8 Å². The molecule has 0 unspecified atom stereocenters. The van der Waals surface area contributed by atoms with E-state index < -0.39 is 0 Å². The zero-order valence-corrected chi connectivity index (χ0v) is 16.3. The first-order valence-corrected chi connectivity index (χ1v) is 10.3. The van der Waals surface area contributed by atoms with Crippen LogP contribution in [0.2, 0.25) is 0 Å².